The van der Waals surface area contributed by atoms with E-state index in [1.54, 1.807) is 4.90 Å². The van der Waals surface area contributed by atoms with E-state index < -0.39 is 11.6 Å². The lowest BCUT2D eigenvalue weighted by Crippen LogP contribution is -2.59. The summed E-state index contributed by atoms with van der Waals surface area (Å²) in [5.74, 6) is -1.08. The van der Waals surface area contributed by atoms with Crippen molar-refractivity contribution in [1.29, 1.82) is 0 Å². The van der Waals surface area contributed by atoms with E-state index in [1.165, 1.54) is 6.92 Å². The van der Waals surface area contributed by atoms with Gasteiger partial charge >= 0.3 is 5.97 Å². The highest BCUT2D eigenvalue weighted by Crippen LogP contribution is 2.28. The maximum absolute atomic E-state index is 11.7. The summed E-state index contributed by atoms with van der Waals surface area (Å²) in [6.45, 7) is 1.59. The van der Waals surface area contributed by atoms with Crippen LogP contribution in [0.15, 0.2) is 0 Å². The molecule has 1 heterocycles. The van der Waals surface area contributed by atoms with Crippen molar-refractivity contribution in [2.45, 2.75) is 44.2 Å². The van der Waals surface area contributed by atoms with Crippen molar-refractivity contribution in [1.82, 2.24) is 4.90 Å². The average molecular weight is 227 g/mol. The molecule has 1 N–H and O–H groups in total. The lowest BCUT2D eigenvalue weighted by Gasteiger charge is -2.40. The first-order valence-corrected chi connectivity index (χ1v) is 5.70. The van der Waals surface area contributed by atoms with Crippen LogP contribution in [-0.2, 0) is 14.3 Å². The summed E-state index contributed by atoms with van der Waals surface area (Å²) >= 11 is 0. The first-order chi connectivity index (χ1) is 7.53. The Bertz CT molecular complexity index is 311. The van der Waals surface area contributed by atoms with Crippen molar-refractivity contribution < 1.29 is 19.4 Å². The van der Waals surface area contributed by atoms with Crippen LogP contribution in [0.5, 0.6) is 0 Å². The zero-order valence-corrected chi connectivity index (χ0v) is 9.44. The first-order valence-electron chi connectivity index (χ1n) is 5.70. The van der Waals surface area contributed by atoms with E-state index >= 15 is 0 Å². The number of carbonyl (C=O) groups excluding carboxylic acids is 1. The monoisotopic (exact) mass is 227 g/mol. The lowest BCUT2D eigenvalue weighted by molar-refractivity contribution is -0.183. The van der Waals surface area contributed by atoms with Gasteiger partial charge in [-0.3, -0.25) is 4.79 Å². The van der Waals surface area contributed by atoms with Crippen molar-refractivity contribution in [3.63, 3.8) is 0 Å². The molecule has 0 spiro atoms. The van der Waals surface area contributed by atoms with E-state index in [1.807, 2.05) is 0 Å². The molecule has 0 radical (unpaired) electrons. The number of carboxylic acid groups (broad SMARTS) is 1. The molecule has 2 fully saturated rings. The average Bonchev–Trinajstić information content (AvgIpc) is 2.75. The van der Waals surface area contributed by atoms with Gasteiger partial charge in [0, 0.05) is 6.04 Å². The Balaban J connectivity index is 2.11. The highest BCUT2D eigenvalue weighted by atomic mass is 16.5. The van der Waals surface area contributed by atoms with Gasteiger partial charge in [-0.05, 0) is 19.8 Å². The number of aliphatic carboxylic acids is 1. The van der Waals surface area contributed by atoms with Gasteiger partial charge in [0.1, 0.15) is 6.61 Å². The molecule has 5 nitrogen and oxygen atoms in total. The molecule has 1 aliphatic heterocycles. The van der Waals surface area contributed by atoms with Gasteiger partial charge in [-0.1, -0.05) is 12.8 Å². The Labute approximate surface area is 94.4 Å². The van der Waals surface area contributed by atoms with Gasteiger partial charge in [0.25, 0.3) is 0 Å². The fourth-order valence-electron chi connectivity index (χ4n) is 2.44. The molecule has 2 rings (SSSR count). The third kappa shape index (κ3) is 1.91. The van der Waals surface area contributed by atoms with E-state index in [4.69, 9.17) is 9.84 Å². The molecule has 16 heavy (non-hydrogen) atoms. The molecule has 1 unspecified atom stereocenters. The second kappa shape index (κ2) is 4.05. The van der Waals surface area contributed by atoms with Crippen molar-refractivity contribution in [2.75, 3.05) is 13.2 Å². The number of nitrogens with zero attached hydrogens (tertiary/aromatic N) is 1. The maximum atomic E-state index is 11.7. The Morgan fingerprint density at radius 3 is 2.69 bits per heavy atom. The molecule has 0 aromatic rings. The van der Waals surface area contributed by atoms with E-state index in [0.717, 1.165) is 25.7 Å². The first kappa shape index (κ1) is 11.4. The predicted octanol–water partition coefficient (Wildman–Crippen LogP) is 0.631. The maximum Gasteiger partial charge on any atom is 0.337 e. The van der Waals surface area contributed by atoms with Crippen molar-refractivity contribution in [2.24, 2.45) is 0 Å². The van der Waals surface area contributed by atoms with Crippen LogP contribution in [-0.4, -0.2) is 46.7 Å². The van der Waals surface area contributed by atoms with E-state index in [0.29, 0.717) is 0 Å². The summed E-state index contributed by atoms with van der Waals surface area (Å²) < 4.78 is 5.14. The summed E-state index contributed by atoms with van der Waals surface area (Å²) in [5.41, 5.74) is -1.24. The number of carbonyl (C=O) groups is 2. The highest BCUT2D eigenvalue weighted by molar-refractivity contribution is 5.84. The minimum Gasteiger partial charge on any atom is -0.479 e. The van der Waals surface area contributed by atoms with Crippen LogP contribution >= 0.6 is 0 Å². The Hall–Kier alpha value is -1.10. The Morgan fingerprint density at radius 1 is 1.50 bits per heavy atom. The molecule has 0 bridgehead atoms. The molecule has 0 aromatic carbocycles. The number of rotatable bonds is 2. The third-order valence-corrected chi connectivity index (χ3v) is 3.52. The number of ether oxygens (including phenoxy) is 1. The fourth-order valence-corrected chi connectivity index (χ4v) is 2.44. The zero-order valence-electron chi connectivity index (χ0n) is 9.44. The number of hydrogen-bond acceptors (Lipinski definition) is 3. The molecule has 90 valence electrons. The second-order valence-electron chi connectivity index (χ2n) is 4.78. The van der Waals surface area contributed by atoms with Crippen molar-refractivity contribution in [3.05, 3.63) is 0 Å². The standard InChI is InChI=1S/C11H17NO4/c1-11(10(14)15)7-12(9(13)6-16-11)8-4-2-3-5-8/h8H,2-7H2,1H3,(H,14,15). The molecular weight excluding hydrogens is 210 g/mol. The molecule has 1 aliphatic carbocycles. The number of amides is 1. The molecule has 2 aliphatic rings. The second-order valence-corrected chi connectivity index (χ2v) is 4.78. The van der Waals surface area contributed by atoms with Crippen LogP contribution in [0.3, 0.4) is 0 Å². The predicted molar refractivity (Wildman–Crippen MR) is 56.0 cm³/mol. The molecule has 1 amide bonds. The summed E-state index contributed by atoms with van der Waals surface area (Å²) in [6.07, 6.45) is 4.22. The molecular formula is C11H17NO4. The number of morpholine rings is 1. The van der Waals surface area contributed by atoms with Crippen LogP contribution < -0.4 is 0 Å². The fraction of sp³-hybridized carbons (Fsp3) is 0.818. The van der Waals surface area contributed by atoms with Gasteiger partial charge < -0.3 is 14.7 Å². The minimum absolute atomic E-state index is 0.0781. The summed E-state index contributed by atoms with van der Waals surface area (Å²) in [6, 6.07) is 0.218. The Kier molecular flexibility index (Phi) is 2.88. The zero-order chi connectivity index (χ0) is 11.8. The Morgan fingerprint density at radius 2 is 2.12 bits per heavy atom. The highest BCUT2D eigenvalue weighted by Gasteiger charge is 2.44. The van der Waals surface area contributed by atoms with E-state index in [9.17, 15) is 9.59 Å². The van der Waals surface area contributed by atoms with Gasteiger partial charge in [0.15, 0.2) is 5.60 Å². The van der Waals surface area contributed by atoms with Crippen molar-refractivity contribution in [3.8, 4) is 0 Å². The third-order valence-electron chi connectivity index (χ3n) is 3.52. The summed E-state index contributed by atoms with van der Waals surface area (Å²) in [4.78, 5) is 24.5. The minimum atomic E-state index is -1.24. The molecule has 1 atom stereocenters. The smallest absolute Gasteiger partial charge is 0.337 e. The molecule has 1 saturated carbocycles. The van der Waals surface area contributed by atoms with Crippen LogP contribution in [0.1, 0.15) is 32.6 Å². The lowest BCUT2D eigenvalue weighted by atomic mass is 10.0. The number of hydrogen-bond donors (Lipinski definition) is 1. The normalized spacial score (nSPS) is 32.1. The summed E-state index contributed by atoms with van der Waals surface area (Å²) in [7, 11) is 0. The van der Waals surface area contributed by atoms with E-state index in [-0.39, 0.29) is 25.1 Å². The molecule has 1 saturated heterocycles. The van der Waals surface area contributed by atoms with Crippen LogP contribution in [0.4, 0.5) is 0 Å². The van der Waals surface area contributed by atoms with Gasteiger partial charge in [0.05, 0.1) is 6.54 Å². The quantitative estimate of drug-likeness (QED) is 0.751. The molecule has 5 heteroatoms. The van der Waals surface area contributed by atoms with Crippen LogP contribution in [0, 0.1) is 0 Å². The van der Waals surface area contributed by atoms with E-state index in [2.05, 4.69) is 0 Å². The number of carboxylic acids is 1. The summed E-state index contributed by atoms with van der Waals surface area (Å²) in [5, 5.41) is 9.08. The van der Waals surface area contributed by atoms with Crippen LogP contribution in [0.25, 0.3) is 0 Å². The van der Waals surface area contributed by atoms with Gasteiger partial charge in [0.2, 0.25) is 5.91 Å². The van der Waals surface area contributed by atoms with Gasteiger partial charge in [-0.25, -0.2) is 4.79 Å². The molecule has 0 aromatic heterocycles. The van der Waals surface area contributed by atoms with Gasteiger partial charge in [-0.15, -0.1) is 0 Å². The SMILES string of the molecule is CC1(C(=O)O)CN(C2CCCC2)C(=O)CO1. The van der Waals surface area contributed by atoms with Crippen molar-refractivity contribution >= 4 is 11.9 Å². The topological polar surface area (TPSA) is 66.8 Å². The largest absolute Gasteiger partial charge is 0.479 e. The van der Waals surface area contributed by atoms with Gasteiger partial charge in [-0.2, -0.15) is 0 Å². The van der Waals surface area contributed by atoms with Crippen LogP contribution in [0.2, 0.25) is 0 Å².